The van der Waals surface area contributed by atoms with Crippen LogP contribution in [0.15, 0.2) is 17.4 Å². The smallest absolute Gasteiger partial charge is 0.409 e. The number of piperazine rings is 1. The zero-order valence-electron chi connectivity index (χ0n) is 15.1. The van der Waals surface area contributed by atoms with E-state index < -0.39 is 0 Å². The first kappa shape index (κ1) is 18.8. The van der Waals surface area contributed by atoms with Crippen LogP contribution in [0.1, 0.15) is 19.8 Å². The van der Waals surface area contributed by atoms with Crippen molar-refractivity contribution in [2.75, 3.05) is 56.5 Å². The molecule has 0 unspecified atom stereocenters. The fourth-order valence-corrected chi connectivity index (χ4v) is 3.87. The highest BCUT2D eigenvalue weighted by atomic mass is 32.2. The molecule has 9 heteroatoms. The number of aromatic nitrogens is 2. The number of thioether (sulfide) groups is 1. The maximum atomic E-state index is 12.4. The van der Waals surface area contributed by atoms with Crippen molar-refractivity contribution in [3.05, 3.63) is 12.4 Å². The van der Waals surface area contributed by atoms with E-state index in [4.69, 9.17) is 4.74 Å². The van der Waals surface area contributed by atoms with Crippen molar-refractivity contribution in [1.29, 1.82) is 0 Å². The highest BCUT2D eigenvalue weighted by Crippen LogP contribution is 2.23. The summed E-state index contributed by atoms with van der Waals surface area (Å²) in [7, 11) is 0. The molecule has 0 aromatic carbocycles. The third kappa shape index (κ3) is 4.78. The van der Waals surface area contributed by atoms with Crippen LogP contribution in [-0.2, 0) is 9.53 Å². The van der Waals surface area contributed by atoms with Gasteiger partial charge >= 0.3 is 6.09 Å². The highest BCUT2D eigenvalue weighted by Gasteiger charge is 2.25. The Bertz CT molecular complexity index is 631. The molecule has 0 N–H and O–H groups in total. The third-order valence-electron chi connectivity index (χ3n) is 4.56. The van der Waals surface area contributed by atoms with Crippen LogP contribution in [0.5, 0.6) is 0 Å². The maximum absolute atomic E-state index is 12.4. The van der Waals surface area contributed by atoms with Gasteiger partial charge in [-0.2, -0.15) is 0 Å². The molecule has 0 atom stereocenters. The lowest BCUT2D eigenvalue weighted by Crippen LogP contribution is -2.51. The van der Waals surface area contributed by atoms with Crippen LogP contribution in [0.25, 0.3) is 0 Å². The normalized spacial score (nSPS) is 17.5. The van der Waals surface area contributed by atoms with Gasteiger partial charge in [0.05, 0.1) is 12.4 Å². The molecule has 0 radical (unpaired) electrons. The lowest BCUT2D eigenvalue weighted by atomic mass is 10.3. The standard InChI is InChI=1S/C17H25N5O3S/c1-2-25-17(24)22-9-7-21(8-10-22)16(23)12-26-15-11-14(18-13-19-15)20-5-3-4-6-20/h11,13H,2-10,12H2,1H3. The first-order valence-corrected chi connectivity index (χ1v) is 10.0. The van der Waals surface area contributed by atoms with Gasteiger partial charge in [-0.05, 0) is 19.8 Å². The Morgan fingerprint density at radius 2 is 1.77 bits per heavy atom. The van der Waals surface area contributed by atoms with Crippen molar-refractivity contribution in [2.24, 2.45) is 0 Å². The summed E-state index contributed by atoms with van der Waals surface area (Å²) in [6.45, 7) is 6.34. The Labute approximate surface area is 157 Å². The molecule has 0 saturated carbocycles. The van der Waals surface area contributed by atoms with Gasteiger partial charge in [0.15, 0.2) is 0 Å². The van der Waals surface area contributed by atoms with Crippen molar-refractivity contribution < 1.29 is 14.3 Å². The fourth-order valence-electron chi connectivity index (χ4n) is 3.11. The monoisotopic (exact) mass is 379 g/mol. The van der Waals surface area contributed by atoms with Crippen LogP contribution in [0.4, 0.5) is 10.6 Å². The van der Waals surface area contributed by atoms with E-state index in [1.807, 2.05) is 6.07 Å². The lowest BCUT2D eigenvalue weighted by molar-refractivity contribution is -0.129. The average molecular weight is 379 g/mol. The molecule has 0 bridgehead atoms. The summed E-state index contributed by atoms with van der Waals surface area (Å²) in [5.41, 5.74) is 0. The number of amides is 2. The lowest BCUT2D eigenvalue weighted by Gasteiger charge is -2.34. The predicted molar refractivity (Wildman–Crippen MR) is 99.4 cm³/mol. The minimum Gasteiger partial charge on any atom is -0.450 e. The van der Waals surface area contributed by atoms with E-state index in [2.05, 4.69) is 14.9 Å². The van der Waals surface area contributed by atoms with Crippen LogP contribution in [0.2, 0.25) is 0 Å². The zero-order valence-corrected chi connectivity index (χ0v) is 15.9. The number of nitrogens with zero attached hydrogens (tertiary/aromatic N) is 5. The van der Waals surface area contributed by atoms with Crippen LogP contribution in [-0.4, -0.2) is 83.4 Å². The van der Waals surface area contributed by atoms with E-state index in [9.17, 15) is 9.59 Å². The number of rotatable bonds is 5. The second-order valence-corrected chi connectivity index (χ2v) is 7.26. The second-order valence-electron chi connectivity index (χ2n) is 6.26. The van der Waals surface area contributed by atoms with Crippen molar-refractivity contribution in [3.63, 3.8) is 0 Å². The van der Waals surface area contributed by atoms with Crippen LogP contribution in [0, 0.1) is 0 Å². The molecule has 3 rings (SSSR count). The van der Waals surface area contributed by atoms with Gasteiger partial charge in [0, 0.05) is 45.3 Å². The van der Waals surface area contributed by atoms with E-state index in [-0.39, 0.29) is 12.0 Å². The summed E-state index contributed by atoms with van der Waals surface area (Å²) in [5.74, 6) is 1.35. The average Bonchev–Trinajstić information content (AvgIpc) is 3.21. The zero-order chi connectivity index (χ0) is 18.4. The summed E-state index contributed by atoms with van der Waals surface area (Å²) in [5, 5.41) is 0.820. The molecule has 0 spiro atoms. The number of anilines is 1. The highest BCUT2D eigenvalue weighted by molar-refractivity contribution is 7.99. The Kier molecular flexibility index (Phi) is 6.54. The quantitative estimate of drug-likeness (QED) is 0.566. The molecule has 3 heterocycles. The number of hydrogen-bond donors (Lipinski definition) is 0. The van der Waals surface area contributed by atoms with E-state index in [0.717, 1.165) is 23.9 Å². The molecular weight excluding hydrogens is 354 g/mol. The van der Waals surface area contributed by atoms with Crippen LogP contribution >= 0.6 is 11.8 Å². The Balaban J connectivity index is 1.46. The molecular formula is C17H25N5O3S. The molecule has 1 aromatic rings. The molecule has 2 fully saturated rings. The van der Waals surface area contributed by atoms with Gasteiger partial charge < -0.3 is 19.4 Å². The third-order valence-corrected chi connectivity index (χ3v) is 5.47. The molecule has 1 aromatic heterocycles. The first-order chi connectivity index (χ1) is 12.7. The second kappa shape index (κ2) is 9.07. The van der Waals surface area contributed by atoms with Gasteiger partial charge in [0.25, 0.3) is 0 Å². The number of hydrogen-bond acceptors (Lipinski definition) is 7. The van der Waals surface area contributed by atoms with Crippen LogP contribution in [0.3, 0.4) is 0 Å². The largest absolute Gasteiger partial charge is 0.450 e. The number of carbonyl (C=O) groups excluding carboxylic acids is 2. The molecule has 26 heavy (non-hydrogen) atoms. The molecule has 2 aliphatic rings. The van der Waals surface area contributed by atoms with Gasteiger partial charge in [-0.1, -0.05) is 11.8 Å². The van der Waals surface area contributed by atoms with Crippen molar-refractivity contribution in [2.45, 2.75) is 24.8 Å². The summed E-state index contributed by atoms with van der Waals surface area (Å²) >= 11 is 1.44. The summed E-state index contributed by atoms with van der Waals surface area (Å²) < 4.78 is 5.00. The van der Waals surface area contributed by atoms with Gasteiger partial charge in [-0.3, -0.25) is 4.79 Å². The number of carbonyl (C=O) groups is 2. The summed E-state index contributed by atoms with van der Waals surface area (Å²) in [6, 6.07) is 1.96. The molecule has 2 saturated heterocycles. The predicted octanol–water partition coefficient (Wildman–Crippen LogP) is 1.47. The summed E-state index contributed by atoms with van der Waals surface area (Å²) in [4.78, 5) is 38.4. The summed E-state index contributed by atoms with van der Waals surface area (Å²) in [6.07, 6.45) is 3.66. The van der Waals surface area contributed by atoms with E-state index >= 15 is 0 Å². The Morgan fingerprint density at radius 1 is 1.08 bits per heavy atom. The molecule has 8 nitrogen and oxygen atoms in total. The molecule has 0 aliphatic carbocycles. The molecule has 2 amide bonds. The van der Waals surface area contributed by atoms with E-state index in [1.54, 1.807) is 23.1 Å². The minimum atomic E-state index is -0.301. The Hall–Kier alpha value is -2.03. The van der Waals surface area contributed by atoms with Crippen LogP contribution < -0.4 is 4.90 Å². The van der Waals surface area contributed by atoms with Gasteiger partial charge in [-0.25, -0.2) is 14.8 Å². The fraction of sp³-hybridized carbons (Fsp3) is 0.647. The Morgan fingerprint density at radius 3 is 2.46 bits per heavy atom. The first-order valence-electron chi connectivity index (χ1n) is 9.06. The minimum absolute atomic E-state index is 0.0693. The van der Waals surface area contributed by atoms with E-state index in [1.165, 1.54) is 24.6 Å². The van der Waals surface area contributed by atoms with E-state index in [0.29, 0.717) is 38.5 Å². The SMILES string of the molecule is CCOC(=O)N1CCN(C(=O)CSc2cc(N3CCCC3)ncn2)CC1. The van der Waals surface area contributed by atoms with Crippen molar-refractivity contribution >= 4 is 29.6 Å². The van der Waals surface area contributed by atoms with Crippen molar-refractivity contribution in [1.82, 2.24) is 19.8 Å². The maximum Gasteiger partial charge on any atom is 0.409 e. The van der Waals surface area contributed by atoms with Gasteiger partial charge in [0.1, 0.15) is 17.2 Å². The number of ether oxygens (including phenoxy) is 1. The van der Waals surface area contributed by atoms with Gasteiger partial charge in [0.2, 0.25) is 5.91 Å². The topological polar surface area (TPSA) is 78.9 Å². The molecule has 2 aliphatic heterocycles. The van der Waals surface area contributed by atoms with Gasteiger partial charge in [-0.15, -0.1) is 0 Å². The molecule has 142 valence electrons. The van der Waals surface area contributed by atoms with Crippen molar-refractivity contribution in [3.8, 4) is 0 Å².